The Morgan fingerprint density at radius 3 is 2.00 bits per heavy atom. The van der Waals surface area contributed by atoms with Crippen LogP contribution < -0.4 is 10.6 Å². The highest BCUT2D eigenvalue weighted by atomic mass is 31.2. The van der Waals surface area contributed by atoms with Crippen molar-refractivity contribution in [2.24, 2.45) is 5.73 Å². The van der Waals surface area contributed by atoms with Crippen molar-refractivity contribution in [2.45, 2.75) is 0 Å². The Balaban J connectivity index is 3.50. The van der Waals surface area contributed by atoms with E-state index in [1.165, 1.54) is 0 Å². The van der Waals surface area contributed by atoms with E-state index in [0.29, 0.717) is 37.4 Å². The van der Waals surface area contributed by atoms with Crippen LogP contribution in [-0.2, 0) is 23.1 Å². The Morgan fingerprint density at radius 2 is 1.45 bits per heavy atom. The molecule has 122 valence electrons. The molecule has 0 aliphatic heterocycles. The van der Waals surface area contributed by atoms with Crippen molar-refractivity contribution in [2.75, 3.05) is 73.9 Å². The monoisotopic (exact) mass is 314 g/mol. The summed E-state index contributed by atoms with van der Waals surface area (Å²) in [4.78, 5) is 11.4. The Kier molecular flexibility index (Phi) is 10.6. The lowest BCUT2D eigenvalue weighted by molar-refractivity contribution is -0.870. The summed E-state index contributed by atoms with van der Waals surface area (Å²) in [6.07, 6.45) is 0. The molecule has 0 heterocycles. The summed E-state index contributed by atoms with van der Waals surface area (Å²) in [5, 5.41) is 0. The van der Waals surface area contributed by atoms with E-state index in [9.17, 15) is 9.46 Å². The molecule has 2 N–H and O–H groups in total. The van der Waals surface area contributed by atoms with Crippen molar-refractivity contribution in [3.63, 3.8) is 0 Å². The molecule has 1 unspecified atom stereocenters. The maximum Gasteiger partial charge on any atom is 0.268 e. The van der Waals surface area contributed by atoms with Crippen molar-refractivity contribution in [3.05, 3.63) is 0 Å². The number of nitrogens with two attached hydrogens (primary N) is 1. The van der Waals surface area contributed by atoms with E-state index < -0.39 is 7.82 Å². The SMILES string of the molecule is C[N+](C)(C)CCOP(=O)([O-])OCCOCCOCCN. The molecule has 0 aromatic rings. The first kappa shape index (κ1) is 19.9. The van der Waals surface area contributed by atoms with Crippen LogP contribution in [0.3, 0.4) is 0 Å². The van der Waals surface area contributed by atoms with Gasteiger partial charge < -0.3 is 33.6 Å². The van der Waals surface area contributed by atoms with Gasteiger partial charge in [0.15, 0.2) is 0 Å². The van der Waals surface area contributed by atoms with Gasteiger partial charge in [0.1, 0.15) is 13.2 Å². The first-order chi connectivity index (χ1) is 9.27. The lowest BCUT2D eigenvalue weighted by Crippen LogP contribution is -2.37. The molecule has 0 saturated heterocycles. The zero-order chi connectivity index (χ0) is 15.5. The van der Waals surface area contributed by atoms with Gasteiger partial charge in [-0.2, -0.15) is 0 Å². The lowest BCUT2D eigenvalue weighted by Gasteiger charge is -2.27. The smallest absolute Gasteiger partial charge is 0.268 e. The van der Waals surface area contributed by atoms with E-state index >= 15 is 0 Å². The number of likely N-dealkylation sites (N-methyl/N-ethyl adjacent to an activating group) is 1. The normalized spacial score (nSPS) is 15.2. The fourth-order valence-corrected chi connectivity index (χ4v) is 1.75. The van der Waals surface area contributed by atoms with Crippen LogP contribution in [0.15, 0.2) is 0 Å². The second-order valence-corrected chi connectivity index (χ2v) is 6.55. The van der Waals surface area contributed by atoms with Crippen molar-refractivity contribution in [1.82, 2.24) is 0 Å². The van der Waals surface area contributed by atoms with Gasteiger partial charge in [-0.25, -0.2) is 0 Å². The topological polar surface area (TPSA) is 103 Å². The minimum Gasteiger partial charge on any atom is -0.756 e. The van der Waals surface area contributed by atoms with Crippen molar-refractivity contribution in [3.8, 4) is 0 Å². The third kappa shape index (κ3) is 14.4. The number of ether oxygens (including phenoxy) is 2. The first-order valence-electron chi connectivity index (χ1n) is 6.53. The molecule has 0 aliphatic carbocycles. The van der Waals surface area contributed by atoms with Gasteiger partial charge in [0.05, 0.1) is 54.2 Å². The molecule has 0 aromatic heterocycles. The zero-order valence-electron chi connectivity index (χ0n) is 12.6. The molecule has 0 radical (unpaired) electrons. The molecule has 0 aromatic carbocycles. The number of quaternary nitrogens is 1. The van der Waals surface area contributed by atoms with Crippen molar-refractivity contribution >= 4 is 7.82 Å². The minimum absolute atomic E-state index is 0.0674. The predicted octanol–water partition coefficient (Wildman–Crippen LogP) is -0.814. The van der Waals surface area contributed by atoms with Crippen LogP contribution in [0.1, 0.15) is 0 Å². The van der Waals surface area contributed by atoms with Crippen LogP contribution in [0.25, 0.3) is 0 Å². The van der Waals surface area contributed by atoms with E-state index in [4.69, 9.17) is 19.7 Å². The number of hydrogen-bond donors (Lipinski definition) is 1. The molecule has 0 aliphatic rings. The molecule has 9 heteroatoms. The molecular formula is C11H27N2O6P. The highest BCUT2D eigenvalue weighted by molar-refractivity contribution is 7.45. The van der Waals surface area contributed by atoms with E-state index in [2.05, 4.69) is 4.52 Å². The molecule has 0 amide bonds. The molecule has 0 fully saturated rings. The van der Waals surface area contributed by atoms with E-state index in [1.807, 2.05) is 21.1 Å². The fraction of sp³-hybridized carbons (Fsp3) is 1.00. The number of nitrogens with zero attached hydrogens (tertiary/aromatic N) is 1. The first-order valence-corrected chi connectivity index (χ1v) is 7.99. The van der Waals surface area contributed by atoms with Crippen LogP contribution in [0.2, 0.25) is 0 Å². The molecule has 0 spiro atoms. The highest BCUT2D eigenvalue weighted by Crippen LogP contribution is 2.37. The summed E-state index contributed by atoms with van der Waals surface area (Å²) in [7, 11) is 1.60. The van der Waals surface area contributed by atoms with Gasteiger partial charge in [-0.1, -0.05) is 0 Å². The van der Waals surface area contributed by atoms with Gasteiger partial charge in [-0.05, 0) is 0 Å². The summed E-state index contributed by atoms with van der Waals surface area (Å²) >= 11 is 0. The third-order valence-electron chi connectivity index (χ3n) is 2.12. The minimum atomic E-state index is -4.23. The van der Waals surface area contributed by atoms with Crippen LogP contribution in [-0.4, -0.2) is 78.4 Å². The van der Waals surface area contributed by atoms with Crippen LogP contribution in [0, 0.1) is 0 Å². The highest BCUT2D eigenvalue weighted by Gasteiger charge is 2.12. The Hall–Kier alpha value is -0.0500. The standard InChI is InChI=1S/C11H27N2O6P/c1-13(2,3)5-7-18-20(14,15)19-11-10-17-9-8-16-6-4-12/h4-12H2,1-3H3. The molecule has 8 nitrogen and oxygen atoms in total. The van der Waals surface area contributed by atoms with Gasteiger partial charge >= 0.3 is 0 Å². The summed E-state index contributed by atoms with van der Waals surface area (Å²) in [5.41, 5.74) is 5.24. The number of phosphoric ester groups is 1. The Bertz CT molecular complexity index is 285. The second kappa shape index (κ2) is 10.6. The average molecular weight is 314 g/mol. The largest absolute Gasteiger partial charge is 0.756 e. The molecular weight excluding hydrogens is 287 g/mol. The van der Waals surface area contributed by atoms with Crippen LogP contribution in [0.4, 0.5) is 0 Å². The lowest BCUT2D eigenvalue weighted by atomic mass is 10.5. The van der Waals surface area contributed by atoms with Gasteiger partial charge in [0, 0.05) is 6.54 Å². The second-order valence-electron chi connectivity index (χ2n) is 5.14. The predicted molar refractivity (Wildman–Crippen MR) is 73.1 cm³/mol. The molecule has 1 atom stereocenters. The quantitative estimate of drug-likeness (QED) is 0.269. The van der Waals surface area contributed by atoms with Gasteiger partial charge in [0.25, 0.3) is 7.82 Å². The molecule has 0 rings (SSSR count). The molecule has 0 saturated carbocycles. The number of hydrogen-bond acceptors (Lipinski definition) is 7. The molecule has 0 bridgehead atoms. The molecule has 20 heavy (non-hydrogen) atoms. The van der Waals surface area contributed by atoms with E-state index in [1.54, 1.807) is 0 Å². The summed E-state index contributed by atoms with van der Waals surface area (Å²) < 4.78 is 31.6. The van der Waals surface area contributed by atoms with Gasteiger partial charge in [-0.15, -0.1) is 0 Å². The Labute approximate surface area is 120 Å². The third-order valence-corrected chi connectivity index (χ3v) is 3.12. The summed E-state index contributed by atoms with van der Waals surface area (Å²) in [5.74, 6) is 0. The van der Waals surface area contributed by atoms with Crippen molar-refractivity contribution < 1.29 is 32.5 Å². The summed E-state index contributed by atoms with van der Waals surface area (Å²) in [6, 6.07) is 0. The number of rotatable bonds is 13. The number of phosphoric acid groups is 1. The summed E-state index contributed by atoms with van der Waals surface area (Å²) in [6.45, 7) is 2.51. The van der Waals surface area contributed by atoms with Gasteiger partial charge in [-0.3, -0.25) is 4.57 Å². The van der Waals surface area contributed by atoms with Crippen LogP contribution >= 0.6 is 7.82 Å². The maximum absolute atomic E-state index is 11.4. The zero-order valence-corrected chi connectivity index (χ0v) is 13.5. The fourth-order valence-electron chi connectivity index (χ4n) is 1.08. The average Bonchev–Trinajstić information content (AvgIpc) is 2.30. The van der Waals surface area contributed by atoms with Gasteiger partial charge in [0.2, 0.25) is 0 Å². The van der Waals surface area contributed by atoms with Crippen LogP contribution in [0.5, 0.6) is 0 Å². The maximum atomic E-state index is 11.4. The Morgan fingerprint density at radius 1 is 0.950 bits per heavy atom. The van der Waals surface area contributed by atoms with Crippen molar-refractivity contribution in [1.29, 1.82) is 0 Å². The van der Waals surface area contributed by atoms with E-state index in [-0.39, 0.29) is 19.8 Å². The van der Waals surface area contributed by atoms with E-state index in [0.717, 1.165) is 0 Å².